The van der Waals surface area contributed by atoms with Gasteiger partial charge in [-0.1, -0.05) is 6.07 Å². The van der Waals surface area contributed by atoms with Crippen molar-refractivity contribution in [3.05, 3.63) is 59.3 Å². The van der Waals surface area contributed by atoms with Crippen LogP contribution in [-0.2, 0) is 6.42 Å². The standard InChI is InChI=1S/C14H11F2N3/c15-11-6-10(7-12(16)8-11)4-5-18-14-3-1-2-13(9-17)19-14/h1-3,6-8H,4-5H2,(H,18,19). The van der Waals surface area contributed by atoms with Crippen molar-refractivity contribution in [3.8, 4) is 6.07 Å². The molecule has 5 heteroatoms. The lowest BCUT2D eigenvalue weighted by atomic mass is 10.1. The quantitative estimate of drug-likeness (QED) is 0.918. The van der Waals surface area contributed by atoms with Crippen LogP contribution in [0.25, 0.3) is 0 Å². The van der Waals surface area contributed by atoms with Crippen molar-refractivity contribution in [2.75, 3.05) is 11.9 Å². The number of anilines is 1. The molecule has 2 aromatic rings. The first-order valence-electron chi connectivity index (χ1n) is 5.73. The number of nitrogens with zero attached hydrogens (tertiary/aromatic N) is 2. The number of aromatic nitrogens is 1. The zero-order valence-corrected chi connectivity index (χ0v) is 10.0. The molecule has 2 rings (SSSR count). The van der Waals surface area contributed by atoms with E-state index < -0.39 is 11.6 Å². The second-order valence-electron chi connectivity index (χ2n) is 3.97. The van der Waals surface area contributed by atoms with Gasteiger partial charge < -0.3 is 5.32 Å². The zero-order valence-electron chi connectivity index (χ0n) is 10.0. The monoisotopic (exact) mass is 259 g/mol. The first-order valence-corrected chi connectivity index (χ1v) is 5.73. The number of nitriles is 1. The molecule has 0 saturated heterocycles. The summed E-state index contributed by atoms with van der Waals surface area (Å²) in [4.78, 5) is 4.04. The molecule has 3 nitrogen and oxygen atoms in total. The van der Waals surface area contributed by atoms with Crippen LogP contribution in [0.1, 0.15) is 11.3 Å². The normalized spacial score (nSPS) is 9.95. The largest absolute Gasteiger partial charge is 0.370 e. The molecule has 0 spiro atoms. The molecule has 0 amide bonds. The van der Waals surface area contributed by atoms with Gasteiger partial charge in [0, 0.05) is 12.6 Å². The Morgan fingerprint density at radius 1 is 1.16 bits per heavy atom. The highest BCUT2D eigenvalue weighted by atomic mass is 19.1. The minimum atomic E-state index is -0.584. The minimum absolute atomic E-state index is 0.321. The predicted molar refractivity (Wildman–Crippen MR) is 67.5 cm³/mol. The Kier molecular flexibility index (Phi) is 4.04. The van der Waals surface area contributed by atoms with E-state index in [1.54, 1.807) is 18.2 Å². The average molecular weight is 259 g/mol. The lowest BCUT2D eigenvalue weighted by Gasteiger charge is -2.06. The van der Waals surface area contributed by atoms with Gasteiger partial charge in [-0.25, -0.2) is 13.8 Å². The lowest BCUT2D eigenvalue weighted by molar-refractivity contribution is 0.580. The molecule has 0 unspecified atom stereocenters. The second-order valence-corrected chi connectivity index (χ2v) is 3.97. The van der Waals surface area contributed by atoms with Crippen LogP contribution >= 0.6 is 0 Å². The summed E-state index contributed by atoms with van der Waals surface area (Å²) in [6.45, 7) is 0.477. The van der Waals surface area contributed by atoms with E-state index in [1.165, 1.54) is 12.1 Å². The van der Waals surface area contributed by atoms with Crippen molar-refractivity contribution in [2.24, 2.45) is 0 Å². The Morgan fingerprint density at radius 3 is 2.58 bits per heavy atom. The van der Waals surface area contributed by atoms with Crippen molar-refractivity contribution < 1.29 is 8.78 Å². The molecule has 0 radical (unpaired) electrons. The highest BCUT2D eigenvalue weighted by molar-refractivity contribution is 5.38. The molecule has 1 aromatic heterocycles. The summed E-state index contributed by atoms with van der Waals surface area (Å²) in [5, 5.41) is 11.7. The smallest absolute Gasteiger partial charge is 0.142 e. The number of nitrogens with one attached hydrogen (secondary N) is 1. The maximum absolute atomic E-state index is 13.0. The highest BCUT2D eigenvalue weighted by Gasteiger charge is 2.01. The molecule has 0 aliphatic carbocycles. The maximum Gasteiger partial charge on any atom is 0.142 e. The summed E-state index contributed by atoms with van der Waals surface area (Å²) in [6.07, 6.45) is 0.465. The van der Waals surface area contributed by atoms with E-state index in [4.69, 9.17) is 5.26 Å². The molecular weight excluding hydrogens is 248 g/mol. The second kappa shape index (κ2) is 5.91. The van der Waals surface area contributed by atoms with Crippen molar-refractivity contribution in [2.45, 2.75) is 6.42 Å². The summed E-state index contributed by atoms with van der Waals surface area (Å²) in [5.41, 5.74) is 0.892. The van der Waals surface area contributed by atoms with Gasteiger partial charge in [-0.15, -0.1) is 0 Å². The van der Waals surface area contributed by atoms with Crippen LogP contribution in [0.3, 0.4) is 0 Å². The van der Waals surface area contributed by atoms with E-state index in [1.807, 2.05) is 6.07 Å². The molecule has 1 aromatic carbocycles. The van der Waals surface area contributed by atoms with Gasteiger partial charge in [-0.05, 0) is 36.2 Å². The number of pyridine rings is 1. The van der Waals surface area contributed by atoms with Gasteiger partial charge in [0.25, 0.3) is 0 Å². The zero-order chi connectivity index (χ0) is 13.7. The predicted octanol–water partition coefficient (Wildman–Crippen LogP) is 2.89. The van der Waals surface area contributed by atoms with Crippen molar-refractivity contribution in [1.82, 2.24) is 4.98 Å². The topological polar surface area (TPSA) is 48.7 Å². The van der Waals surface area contributed by atoms with Crippen LogP contribution in [0.2, 0.25) is 0 Å². The summed E-state index contributed by atoms with van der Waals surface area (Å²) < 4.78 is 25.9. The molecule has 96 valence electrons. The number of rotatable bonds is 4. The molecule has 0 aliphatic rings. The molecule has 1 N–H and O–H groups in total. The average Bonchev–Trinajstić information content (AvgIpc) is 2.38. The lowest BCUT2D eigenvalue weighted by Crippen LogP contribution is -2.07. The summed E-state index contributed by atoms with van der Waals surface area (Å²) in [6, 6.07) is 10.4. The number of benzene rings is 1. The maximum atomic E-state index is 13.0. The first-order chi connectivity index (χ1) is 9.17. The third kappa shape index (κ3) is 3.75. The Hall–Kier alpha value is -2.48. The van der Waals surface area contributed by atoms with E-state index in [0.29, 0.717) is 30.0 Å². The van der Waals surface area contributed by atoms with Crippen molar-refractivity contribution >= 4 is 5.82 Å². The van der Waals surface area contributed by atoms with Crippen LogP contribution < -0.4 is 5.32 Å². The molecule has 0 bridgehead atoms. The summed E-state index contributed by atoms with van der Waals surface area (Å²) >= 11 is 0. The van der Waals surface area contributed by atoms with Gasteiger partial charge in [0.05, 0.1) is 0 Å². The van der Waals surface area contributed by atoms with Gasteiger partial charge in [0.2, 0.25) is 0 Å². The summed E-state index contributed by atoms with van der Waals surface area (Å²) in [5.74, 6) is -0.602. The fourth-order valence-corrected chi connectivity index (χ4v) is 1.69. The van der Waals surface area contributed by atoms with E-state index in [0.717, 1.165) is 6.07 Å². The molecular formula is C14H11F2N3. The highest BCUT2D eigenvalue weighted by Crippen LogP contribution is 2.09. The molecule has 0 atom stereocenters. The van der Waals surface area contributed by atoms with Gasteiger partial charge in [0.1, 0.15) is 29.2 Å². The number of hydrogen-bond acceptors (Lipinski definition) is 3. The number of hydrogen-bond donors (Lipinski definition) is 1. The summed E-state index contributed by atoms with van der Waals surface area (Å²) in [7, 11) is 0. The Balaban J connectivity index is 1.94. The van der Waals surface area contributed by atoms with Gasteiger partial charge in [0.15, 0.2) is 0 Å². The first kappa shape index (κ1) is 13.0. The van der Waals surface area contributed by atoms with E-state index in [2.05, 4.69) is 10.3 Å². The minimum Gasteiger partial charge on any atom is -0.370 e. The van der Waals surface area contributed by atoms with Crippen LogP contribution in [0, 0.1) is 23.0 Å². The van der Waals surface area contributed by atoms with Gasteiger partial charge >= 0.3 is 0 Å². The van der Waals surface area contributed by atoms with Crippen LogP contribution in [0.15, 0.2) is 36.4 Å². The molecule has 19 heavy (non-hydrogen) atoms. The Morgan fingerprint density at radius 2 is 1.89 bits per heavy atom. The third-order valence-corrected chi connectivity index (χ3v) is 2.51. The molecule has 0 fully saturated rings. The fourth-order valence-electron chi connectivity index (χ4n) is 1.69. The molecule has 1 heterocycles. The molecule has 0 aliphatic heterocycles. The van der Waals surface area contributed by atoms with Gasteiger partial charge in [-0.2, -0.15) is 5.26 Å². The van der Waals surface area contributed by atoms with Crippen LogP contribution in [0.4, 0.5) is 14.6 Å². The van der Waals surface area contributed by atoms with E-state index in [9.17, 15) is 8.78 Å². The van der Waals surface area contributed by atoms with Crippen LogP contribution in [-0.4, -0.2) is 11.5 Å². The Labute approximate surface area is 109 Å². The van der Waals surface area contributed by atoms with Crippen LogP contribution in [0.5, 0.6) is 0 Å². The van der Waals surface area contributed by atoms with Crippen molar-refractivity contribution in [1.29, 1.82) is 5.26 Å². The van der Waals surface area contributed by atoms with E-state index >= 15 is 0 Å². The van der Waals surface area contributed by atoms with E-state index in [-0.39, 0.29) is 0 Å². The third-order valence-electron chi connectivity index (χ3n) is 2.51. The molecule has 0 saturated carbocycles. The van der Waals surface area contributed by atoms with Crippen molar-refractivity contribution in [3.63, 3.8) is 0 Å². The number of halogens is 2. The van der Waals surface area contributed by atoms with Gasteiger partial charge in [-0.3, -0.25) is 0 Å². The SMILES string of the molecule is N#Cc1cccc(NCCc2cc(F)cc(F)c2)n1. The Bertz CT molecular complexity index is 600. The fraction of sp³-hybridized carbons (Fsp3) is 0.143.